The van der Waals surface area contributed by atoms with E-state index in [9.17, 15) is 35.6 Å². The van der Waals surface area contributed by atoms with E-state index in [1.54, 1.807) is 6.92 Å². The summed E-state index contributed by atoms with van der Waals surface area (Å²) < 4.78 is 73.1. The Morgan fingerprint density at radius 1 is 1.25 bits per heavy atom. The van der Waals surface area contributed by atoms with Crippen molar-refractivity contribution in [3.63, 3.8) is 0 Å². The first-order valence-corrected chi connectivity index (χ1v) is 8.35. The average molecular weight is 371 g/mol. The van der Waals surface area contributed by atoms with Gasteiger partial charge in [0, 0.05) is 0 Å². The molecule has 0 N–H and O–H groups in total. The molecule has 0 saturated heterocycles. The molecule has 24 heavy (non-hydrogen) atoms. The van der Waals surface area contributed by atoms with E-state index >= 15 is 0 Å². The minimum Gasteiger partial charge on any atom is -0.314 e. The van der Waals surface area contributed by atoms with Crippen LogP contribution in [0.3, 0.4) is 0 Å². The van der Waals surface area contributed by atoms with Gasteiger partial charge in [0.25, 0.3) is 10.0 Å². The number of benzene rings is 1. The zero-order chi connectivity index (χ0) is 18.7. The third-order valence-corrected chi connectivity index (χ3v) is 3.54. The second-order valence-corrected chi connectivity index (χ2v) is 6.50. The van der Waals surface area contributed by atoms with Crippen molar-refractivity contribution in [1.29, 1.82) is 0 Å². The lowest BCUT2D eigenvalue weighted by atomic mass is 10.1. The molecule has 0 radical (unpaired) electrons. The summed E-state index contributed by atoms with van der Waals surface area (Å²) in [6.45, 7) is 1.72. The maximum absolute atomic E-state index is 14.2. The van der Waals surface area contributed by atoms with Crippen LogP contribution in [0.1, 0.15) is 29.3 Å². The predicted octanol–water partition coefficient (Wildman–Crippen LogP) is 2.20. The Morgan fingerprint density at radius 3 is 2.29 bits per heavy atom. The molecule has 11 heteroatoms. The molecule has 0 aromatic heterocycles. The van der Waals surface area contributed by atoms with Crippen molar-refractivity contribution >= 4 is 21.9 Å². The lowest BCUT2D eigenvalue weighted by Crippen LogP contribution is -2.42. The van der Waals surface area contributed by atoms with Gasteiger partial charge in [0.2, 0.25) is 0 Å². The molecule has 0 fully saturated rings. The highest BCUT2D eigenvalue weighted by molar-refractivity contribution is 7.88. The molecule has 0 atom stereocenters. The van der Waals surface area contributed by atoms with Gasteiger partial charge in [-0.2, -0.15) is 13.2 Å². The van der Waals surface area contributed by atoms with Crippen LogP contribution in [0.2, 0.25) is 0 Å². The fourth-order valence-corrected chi connectivity index (χ4v) is 2.30. The SMILES string of the molecule is CCCc1cccc(C(=O)N(OC(=O)C(F)(F)F)S(C)(=O)=O)c1F. The highest BCUT2D eigenvalue weighted by atomic mass is 32.2. The van der Waals surface area contributed by atoms with E-state index in [1.807, 2.05) is 0 Å². The van der Waals surface area contributed by atoms with Crippen LogP contribution < -0.4 is 0 Å². The molecule has 0 saturated carbocycles. The van der Waals surface area contributed by atoms with Gasteiger partial charge in [0.05, 0.1) is 11.8 Å². The number of hydrogen-bond donors (Lipinski definition) is 0. The average Bonchev–Trinajstić information content (AvgIpc) is 2.44. The third-order valence-electron chi connectivity index (χ3n) is 2.69. The standard InChI is InChI=1S/C13H13F4NO5S/c1-3-5-8-6-4-7-9(10(8)14)11(19)18(24(2,21)22)23-12(20)13(15,16)17/h4,6-7H,3,5H2,1-2H3. The number of carbonyl (C=O) groups excluding carboxylic acids is 2. The monoisotopic (exact) mass is 371 g/mol. The van der Waals surface area contributed by atoms with Crippen molar-refractivity contribution in [2.24, 2.45) is 0 Å². The number of carbonyl (C=O) groups is 2. The number of hydrogen-bond acceptors (Lipinski definition) is 5. The summed E-state index contributed by atoms with van der Waals surface area (Å²) >= 11 is 0. The fourth-order valence-electron chi connectivity index (χ4n) is 1.69. The quantitative estimate of drug-likeness (QED) is 0.599. The predicted molar refractivity (Wildman–Crippen MR) is 73.6 cm³/mol. The van der Waals surface area contributed by atoms with Crippen molar-refractivity contribution in [3.8, 4) is 0 Å². The fraction of sp³-hybridized carbons (Fsp3) is 0.385. The smallest absolute Gasteiger partial charge is 0.314 e. The van der Waals surface area contributed by atoms with E-state index < -0.39 is 43.9 Å². The Kier molecular flexibility index (Phi) is 5.93. The van der Waals surface area contributed by atoms with Crippen LogP contribution >= 0.6 is 0 Å². The zero-order valence-corrected chi connectivity index (χ0v) is 13.4. The van der Waals surface area contributed by atoms with Crippen molar-refractivity contribution in [1.82, 2.24) is 4.47 Å². The van der Waals surface area contributed by atoms with Gasteiger partial charge in [-0.1, -0.05) is 29.9 Å². The first kappa shape index (κ1) is 19.9. The molecular weight excluding hydrogens is 358 g/mol. The zero-order valence-electron chi connectivity index (χ0n) is 12.6. The summed E-state index contributed by atoms with van der Waals surface area (Å²) in [7, 11) is -4.74. The van der Waals surface area contributed by atoms with Crippen LogP contribution in [0.15, 0.2) is 18.2 Å². The van der Waals surface area contributed by atoms with Crippen molar-refractivity contribution in [2.45, 2.75) is 25.9 Å². The van der Waals surface area contributed by atoms with E-state index in [0.717, 1.165) is 6.07 Å². The molecule has 0 bridgehead atoms. The number of nitrogens with zero attached hydrogens (tertiary/aromatic N) is 1. The number of aryl methyl sites for hydroxylation is 1. The number of rotatable bonds is 4. The Hall–Kier alpha value is -2.17. The van der Waals surface area contributed by atoms with Crippen molar-refractivity contribution < 1.29 is 40.4 Å². The van der Waals surface area contributed by atoms with Crippen LogP contribution in [0.25, 0.3) is 0 Å². The molecule has 0 heterocycles. The van der Waals surface area contributed by atoms with Gasteiger partial charge in [0.15, 0.2) is 0 Å². The number of amides is 1. The molecule has 134 valence electrons. The molecule has 0 spiro atoms. The van der Waals surface area contributed by atoms with Gasteiger partial charge < -0.3 is 4.84 Å². The van der Waals surface area contributed by atoms with Gasteiger partial charge in [0.1, 0.15) is 5.82 Å². The molecule has 1 aromatic rings. The minimum absolute atomic E-state index is 0.0685. The van der Waals surface area contributed by atoms with Gasteiger partial charge in [-0.15, -0.1) is 0 Å². The Bertz CT molecular complexity index is 745. The van der Waals surface area contributed by atoms with Crippen LogP contribution in [-0.2, 0) is 26.1 Å². The van der Waals surface area contributed by atoms with E-state index in [4.69, 9.17) is 0 Å². The highest BCUT2D eigenvalue weighted by Crippen LogP contribution is 2.22. The summed E-state index contributed by atoms with van der Waals surface area (Å²) in [4.78, 5) is 26.5. The first-order chi connectivity index (χ1) is 10.9. The summed E-state index contributed by atoms with van der Waals surface area (Å²) in [5.74, 6) is -5.77. The van der Waals surface area contributed by atoms with Crippen LogP contribution in [-0.4, -0.2) is 37.2 Å². The molecule has 1 aromatic carbocycles. The highest BCUT2D eigenvalue weighted by Gasteiger charge is 2.45. The number of alkyl halides is 3. The largest absolute Gasteiger partial charge is 0.493 e. The Morgan fingerprint density at radius 2 is 1.83 bits per heavy atom. The van der Waals surface area contributed by atoms with Crippen LogP contribution in [0, 0.1) is 5.82 Å². The molecule has 0 aliphatic carbocycles. The second kappa shape index (κ2) is 7.16. The van der Waals surface area contributed by atoms with Gasteiger partial charge >= 0.3 is 18.1 Å². The number of sulfonamides is 1. The molecule has 0 aliphatic rings. The van der Waals surface area contributed by atoms with E-state index in [1.165, 1.54) is 12.1 Å². The summed E-state index contributed by atoms with van der Waals surface area (Å²) in [5, 5.41) is 0. The Labute approximate surface area is 135 Å². The van der Waals surface area contributed by atoms with Crippen LogP contribution in [0.5, 0.6) is 0 Å². The van der Waals surface area contributed by atoms with Gasteiger partial charge in [-0.05, 0) is 18.1 Å². The minimum atomic E-state index is -5.54. The van der Waals surface area contributed by atoms with Crippen molar-refractivity contribution in [3.05, 3.63) is 35.1 Å². The molecule has 0 aliphatic heterocycles. The maximum Gasteiger partial charge on any atom is 0.493 e. The van der Waals surface area contributed by atoms with E-state index in [2.05, 4.69) is 4.84 Å². The maximum atomic E-state index is 14.2. The summed E-state index contributed by atoms with van der Waals surface area (Å²) in [5.41, 5.74) is -0.764. The molecular formula is C13H13F4NO5S. The van der Waals surface area contributed by atoms with E-state index in [0.29, 0.717) is 12.7 Å². The lowest BCUT2D eigenvalue weighted by Gasteiger charge is -2.19. The Balaban J connectivity index is 3.29. The lowest BCUT2D eigenvalue weighted by molar-refractivity contribution is -0.216. The topological polar surface area (TPSA) is 80.8 Å². The molecule has 0 unspecified atom stereocenters. The first-order valence-electron chi connectivity index (χ1n) is 6.50. The second-order valence-electron chi connectivity index (χ2n) is 4.70. The van der Waals surface area contributed by atoms with E-state index in [-0.39, 0.29) is 12.0 Å². The van der Waals surface area contributed by atoms with Crippen LogP contribution in [0.4, 0.5) is 17.6 Å². The number of halogens is 4. The molecule has 6 nitrogen and oxygen atoms in total. The third kappa shape index (κ3) is 4.66. The number of hydroxylamine groups is 1. The van der Waals surface area contributed by atoms with Gasteiger partial charge in [-0.25, -0.2) is 17.6 Å². The summed E-state index contributed by atoms with van der Waals surface area (Å²) in [6.07, 6.45) is -4.48. The molecule has 1 rings (SSSR count). The molecule has 1 amide bonds. The van der Waals surface area contributed by atoms with Crippen molar-refractivity contribution in [2.75, 3.05) is 6.26 Å². The van der Waals surface area contributed by atoms with Gasteiger partial charge in [-0.3, -0.25) is 4.79 Å². The normalized spacial score (nSPS) is 11.9. The summed E-state index contributed by atoms with van der Waals surface area (Å²) in [6, 6.07) is 3.44.